The monoisotopic (exact) mass is 487 g/mol. The van der Waals surface area contributed by atoms with Crippen LogP contribution in [-0.4, -0.2) is 50.7 Å². The van der Waals surface area contributed by atoms with E-state index in [2.05, 4.69) is 25.3 Å². The first-order chi connectivity index (χ1) is 17.5. The lowest BCUT2D eigenvalue weighted by molar-refractivity contribution is -0.126. The molecule has 0 bridgehead atoms. The van der Waals surface area contributed by atoms with Gasteiger partial charge in [-0.2, -0.15) is 4.98 Å². The molecule has 0 radical (unpaired) electrons. The lowest BCUT2D eigenvalue weighted by atomic mass is 9.96. The quantitative estimate of drug-likeness (QED) is 0.414. The predicted octanol–water partition coefficient (Wildman–Crippen LogP) is 3.88. The molecule has 10 heteroatoms. The number of rotatable bonds is 7. The number of piperidine rings is 1. The van der Waals surface area contributed by atoms with Gasteiger partial charge in [0.05, 0.1) is 17.8 Å². The molecule has 1 aliphatic rings. The Hall–Kier alpha value is -4.08. The summed E-state index contributed by atoms with van der Waals surface area (Å²) in [6.45, 7) is 7.82. The van der Waals surface area contributed by atoms with E-state index in [-0.39, 0.29) is 11.8 Å². The maximum atomic E-state index is 12.9. The summed E-state index contributed by atoms with van der Waals surface area (Å²) < 4.78 is 11.0. The highest BCUT2D eigenvalue weighted by molar-refractivity contribution is 5.83. The zero-order valence-corrected chi connectivity index (χ0v) is 20.6. The van der Waals surface area contributed by atoms with Gasteiger partial charge in [-0.05, 0) is 63.9 Å². The summed E-state index contributed by atoms with van der Waals surface area (Å²) in [5, 5.41) is 7.99. The van der Waals surface area contributed by atoms with Crippen LogP contribution in [0.3, 0.4) is 0 Å². The maximum Gasteiger partial charge on any atom is 0.249 e. The summed E-state index contributed by atoms with van der Waals surface area (Å²) in [4.78, 5) is 33.2. The number of hydrogen-bond donors (Lipinski definition) is 1. The van der Waals surface area contributed by atoms with Crippen molar-refractivity contribution in [3.8, 4) is 17.3 Å². The minimum Gasteiger partial charge on any atom is -0.494 e. The Morgan fingerprint density at radius 1 is 1.19 bits per heavy atom. The van der Waals surface area contributed by atoms with Crippen LogP contribution in [0.15, 0.2) is 47.1 Å². The number of hydrogen-bond acceptors (Lipinski definition) is 9. The van der Waals surface area contributed by atoms with Crippen LogP contribution in [0.5, 0.6) is 5.75 Å². The molecule has 186 valence electrons. The van der Waals surface area contributed by atoms with Crippen LogP contribution in [0.1, 0.15) is 44.3 Å². The van der Waals surface area contributed by atoms with Crippen molar-refractivity contribution in [2.45, 2.75) is 39.7 Å². The van der Waals surface area contributed by atoms with Crippen LogP contribution in [0.2, 0.25) is 0 Å². The first-order valence-electron chi connectivity index (χ1n) is 12.2. The molecule has 4 heterocycles. The molecule has 0 spiro atoms. The van der Waals surface area contributed by atoms with Crippen LogP contribution in [0, 0.1) is 12.8 Å². The highest BCUT2D eigenvalue weighted by Gasteiger charge is 2.28. The van der Waals surface area contributed by atoms with E-state index in [1.807, 2.05) is 57.2 Å². The van der Waals surface area contributed by atoms with Crippen LogP contribution in [0.25, 0.3) is 22.4 Å². The molecule has 5 rings (SSSR count). The largest absolute Gasteiger partial charge is 0.494 e. The second-order valence-electron chi connectivity index (χ2n) is 8.88. The first kappa shape index (κ1) is 23.7. The Morgan fingerprint density at radius 2 is 2.03 bits per heavy atom. The number of amides is 1. The first-order valence-corrected chi connectivity index (χ1v) is 12.2. The van der Waals surface area contributed by atoms with Gasteiger partial charge in [0.25, 0.3) is 0 Å². The molecule has 1 fully saturated rings. The second-order valence-corrected chi connectivity index (χ2v) is 8.88. The number of ether oxygens (including phenoxy) is 1. The van der Waals surface area contributed by atoms with Crippen molar-refractivity contribution in [1.82, 2.24) is 30.4 Å². The van der Waals surface area contributed by atoms with E-state index >= 15 is 0 Å². The average Bonchev–Trinajstić information content (AvgIpc) is 3.40. The van der Waals surface area contributed by atoms with Gasteiger partial charge in [-0.25, -0.2) is 9.97 Å². The van der Waals surface area contributed by atoms with Crippen LogP contribution < -0.4 is 15.0 Å². The number of carbonyl (C=O) groups is 1. The van der Waals surface area contributed by atoms with Gasteiger partial charge in [0.15, 0.2) is 0 Å². The average molecular weight is 488 g/mol. The summed E-state index contributed by atoms with van der Waals surface area (Å²) in [6, 6.07) is 11.0. The van der Waals surface area contributed by atoms with Crippen LogP contribution >= 0.6 is 0 Å². The van der Waals surface area contributed by atoms with Gasteiger partial charge in [-0.3, -0.25) is 9.78 Å². The number of nitrogens with zero attached hydrogens (tertiary/aromatic N) is 6. The Labute approximate surface area is 209 Å². The molecular formula is C26H29N7O3. The minimum atomic E-state index is -0.395. The molecular weight excluding hydrogens is 458 g/mol. The zero-order valence-electron chi connectivity index (χ0n) is 20.6. The second kappa shape index (κ2) is 10.3. The molecule has 0 saturated carbocycles. The van der Waals surface area contributed by atoms with E-state index in [0.29, 0.717) is 55.9 Å². The predicted molar refractivity (Wildman–Crippen MR) is 134 cm³/mol. The number of anilines is 1. The van der Waals surface area contributed by atoms with Crippen molar-refractivity contribution in [2.75, 3.05) is 24.6 Å². The Balaban J connectivity index is 1.19. The Morgan fingerprint density at radius 3 is 2.78 bits per heavy atom. The van der Waals surface area contributed by atoms with Crippen LogP contribution in [0.4, 0.5) is 5.95 Å². The standard InChI is InChI=1S/C26H29N7O3/c1-4-35-19-8-9-21-20(15-19)16(2)29-26(30-21)33-13-10-18(11-14-33)24(34)28-17(3)25-31-23(32-36-25)22-7-5-6-12-27-22/h5-9,12,15,17-18H,4,10-11,13-14H2,1-3H3,(H,28,34)/t17-/m0/s1. The van der Waals surface area contributed by atoms with Crippen LogP contribution in [-0.2, 0) is 4.79 Å². The van der Waals surface area contributed by atoms with E-state index in [1.54, 1.807) is 6.20 Å². The van der Waals surface area contributed by atoms with Gasteiger partial charge < -0.3 is 19.5 Å². The third-order valence-electron chi connectivity index (χ3n) is 6.37. The SMILES string of the molecule is CCOc1ccc2nc(N3CCC(C(=O)N[C@@H](C)c4nc(-c5ccccn5)no4)CC3)nc(C)c2c1. The number of fused-ring (bicyclic) bond motifs is 1. The van der Waals surface area contributed by atoms with Gasteiger partial charge in [0, 0.05) is 30.6 Å². The topological polar surface area (TPSA) is 119 Å². The molecule has 4 aromatic rings. The number of pyridine rings is 1. The Kier molecular flexibility index (Phi) is 6.75. The Bertz CT molecular complexity index is 1350. The zero-order chi connectivity index (χ0) is 25.1. The summed E-state index contributed by atoms with van der Waals surface area (Å²) in [6.07, 6.45) is 3.10. The van der Waals surface area contributed by atoms with E-state index in [0.717, 1.165) is 22.3 Å². The lowest BCUT2D eigenvalue weighted by Crippen LogP contribution is -2.41. The van der Waals surface area contributed by atoms with Gasteiger partial charge in [0.2, 0.25) is 23.6 Å². The van der Waals surface area contributed by atoms with Crippen molar-refractivity contribution in [2.24, 2.45) is 5.92 Å². The van der Waals surface area contributed by atoms with E-state index in [9.17, 15) is 4.79 Å². The van der Waals surface area contributed by atoms with Crippen molar-refractivity contribution in [3.63, 3.8) is 0 Å². The smallest absolute Gasteiger partial charge is 0.249 e. The number of carbonyl (C=O) groups excluding carboxylic acids is 1. The number of aromatic nitrogens is 5. The summed E-state index contributed by atoms with van der Waals surface area (Å²) in [5.41, 5.74) is 2.42. The fraction of sp³-hybridized carbons (Fsp3) is 0.385. The highest BCUT2D eigenvalue weighted by Crippen LogP contribution is 2.27. The molecule has 1 aliphatic heterocycles. The van der Waals surface area contributed by atoms with Crippen molar-refractivity contribution in [3.05, 3.63) is 54.2 Å². The van der Waals surface area contributed by atoms with Gasteiger partial charge in [-0.15, -0.1) is 0 Å². The van der Waals surface area contributed by atoms with Gasteiger partial charge in [-0.1, -0.05) is 11.2 Å². The van der Waals surface area contributed by atoms with E-state index in [4.69, 9.17) is 19.2 Å². The minimum absolute atomic E-state index is 0.0150. The van der Waals surface area contributed by atoms with Crippen molar-refractivity contribution >= 4 is 22.8 Å². The molecule has 1 aromatic carbocycles. The lowest BCUT2D eigenvalue weighted by Gasteiger charge is -2.32. The molecule has 1 atom stereocenters. The number of nitrogens with one attached hydrogen (secondary N) is 1. The summed E-state index contributed by atoms with van der Waals surface area (Å²) >= 11 is 0. The molecule has 3 aromatic heterocycles. The fourth-order valence-electron chi connectivity index (χ4n) is 4.39. The number of benzene rings is 1. The summed E-state index contributed by atoms with van der Waals surface area (Å²) in [5.74, 6) is 2.16. The van der Waals surface area contributed by atoms with Crippen molar-refractivity contribution < 1.29 is 14.1 Å². The molecule has 0 unspecified atom stereocenters. The molecule has 0 aliphatic carbocycles. The van der Waals surface area contributed by atoms with E-state index in [1.165, 1.54) is 0 Å². The molecule has 36 heavy (non-hydrogen) atoms. The van der Waals surface area contributed by atoms with Gasteiger partial charge >= 0.3 is 0 Å². The van der Waals surface area contributed by atoms with E-state index < -0.39 is 6.04 Å². The maximum absolute atomic E-state index is 12.9. The molecule has 10 nitrogen and oxygen atoms in total. The molecule has 1 amide bonds. The fourth-order valence-corrected chi connectivity index (χ4v) is 4.39. The summed E-state index contributed by atoms with van der Waals surface area (Å²) in [7, 11) is 0. The molecule has 1 saturated heterocycles. The van der Waals surface area contributed by atoms with Gasteiger partial charge in [0.1, 0.15) is 17.5 Å². The third-order valence-corrected chi connectivity index (χ3v) is 6.37. The number of aryl methyl sites for hydroxylation is 1. The third kappa shape index (κ3) is 4.98. The highest BCUT2D eigenvalue weighted by atomic mass is 16.5. The molecule has 1 N–H and O–H groups in total. The normalized spacial score (nSPS) is 15.1. The van der Waals surface area contributed by atoms with Crippen molar-refractivity contribution in [1.29, 1.82) is 0 Å².